The highest BCUT2D eigenvalue weighted by molar-refractivity contribution is 6.13. The third-order valence-electron chi connectivity index (χ3n) is 6.14. The molecule has 1 amide bonds. The lowest BCUT2D eigenvalue weighted by molar-refractivity contribution is 0.102. The molecule has 2 N–H and O–H groups in total. The zero-order valence-corrected chi connectivity index (χ0v) is 18.6. The summed E-state index contributed by atoms with van der Waals surface area (Å²) < 4.78 is 5.26. The van der Waals surface area contributed by atoms with Crippen molar-refractivity contribution in [2.24, 2.45) is 0 Å². The number of benzene rings is 1. The lowest BCUT2D eigenvalue weighted by atomic mass is 10.0. The molecule has 32 heavy (non-hydrogen) atoms. The van der Waals surface area contributed by atoms with Gasteiger partial charge in [0.1, 0.15) is 12.1 Å². The van der Waals surface area contributed by atoms with Crippen molar-refractivity contribution in [3.63, 3.8) is 0 Å². The molecule has 9 heteroatoms. The molecule has 2 aromatic heterocycles. The van der Waals surface area contributed by atoms with Crippen LogP contribution in [0.15, 0.2) is 24.7 Å². The largest absolute Gasteiger partial charge is 0.467 e. The van der Waals surface area contributed by atoms with E-state index in [1.54, 1.807) is 6.20 Å². The van der Waals surface area contributed by atoms with Gasteiger partial charge in [0, 0.05) is 53.7 Å². The number of fused-ring (bicyclic) bond motifs is 2. The first-order valence-electron chi connectivity index (χ1n) is 11.0. The monoisotopic (exact) mass is 433 g/mol. The highest BCUT2D eigenvalue weighted by atomic mass is 16.5. The third kappa shape index (κ3) is 3.73. The molecule has 5 rings (SSSR count). The summed E-state index contributed by atoms with van der Waals surface area (Å²) in [7, 11) is 1.52. The van der Waals surface area contributed by atoms with E-state index in [0.717, 1.165) is 54.7 Å². The van der Waals surface area contributed by atoms with E-state index in [-0.39, 0.29) is 11.9 Å². The number of nitrogens with zero attached hydrogens (tertiary/aromatic N) is 5. The second-order valence-corrected chi connectivity index (χ2v) is 8.58. The first-order chi connectivity index (χ1) is 15.5. The number of nitrogens with one attached hydrogen (secondary N) is 2. The van der Waals surface area contributed by atoms with Crippen LogP contribution in [0, 0.1) is 0 Å². The number of hydrogen-bond acceptors (Lipinski definition) is 8. The summed E-state index contributed by atoms with van der Waals surface area (Å²) in [4.78, 5) is 33.2. The molecule has 166 valence electrons. The third-order valence-corrected chi connectivity index (χ3v) is 6.14. The number of rotatable bonds is 4. The number of aryl methyl sites for hydroxylation is 1. The normalized spacial score (nSPS) is 20.3. The van der Waals surface area contributed by atoms with Crippen molar-refractivity contribution in [3.8, 4) is 6.01 Å². The van der Waals surface area contributed by atoms with Gasteiger partial charge >= 0.3 is 6.01 Å². The summed E-state index contributed by atoms with van der Waals surface area (Å²) in [5.74, 6) is 0.331. The first-order valence-corrected chi connectivity index (χ1v) is 11.0. The van der Waals surface area contributed by atoms with Crippen molar-refractivity contribution in [1.82, 2.24) is 25.3 Å². The molecule has 2 aliphatic rings. The van der Waals surface area contributed by atoms with Gasteiger partial charge in [-0.15, -0.1) is 0 Å². The number of amides is 1. The van der Waals surface area contributed by atoms with E-state index in [1.165, 1.54) is 13.4 Å². The molecule has 1 aliphatic carbocycles. The van der Waals surface area contributed by atoms with Crippen LogP contribution < -0.4 is 20.3 Å². The SMILES string of the molecule is COc1ncc2c(N3C[C@H](C)N[C@@H](C)C3)ccc(C(=O)Nc3ncnc4c3CCC4)c2n1. The Morgan fingerprint density at radius 1 is 1.16 bits per heavy atom. The number of carbonyl (C=O) groups excluding carboxylic acids is 1. The number of anilines is 2. The lowest BCUT2D eigenvalue weighted by Gasteiger charge is -2.38. The number of carbonyl (C=O) groups is 1. The van der Waals surface area contributed by atoms with Gasteiger partial charge in [-0.2, -0.15) is 4.98 Å². The topological polar surface area (TPSA) is 105 Å². The van der Waals surface area contributed by atoms with Gasteiger partial charge in [-0.05, 0) is 45.2 Å². The second-order valence-electron chi connectivity index (χ2n) is 8.58. The van der Waals surface area contributed by atoms with E-state index in [4.69, 9.17) is 4.74 Å². The number of aromatic nitrogens is 4. The lowest BCUT2D eigenvalue weighted by Crippen LogP contribution is -2.54. The minimum Gasteiger partial charge on any atom is -0.467 e. The van der Waals surface area contributed by atoms with Crippen molar-refractivity contribution < 1.29 is 9.53 Å². The van der Waals surface area contributed by atoms with E-state index in [0.29, 0.717) is 29.0 Å². The smallest absolute Gasteiger partial charge is 0.316 e. The Hall–Kier alpha value is -3.33. The summed E-state index contributed by atoms with van der Waals surface area (Å²) >= 11 is 0. The molecule has 0 unspecified atom stereocenters. The summed E-state index contributed by atoms with van der Waals surface area (Å²) in [6.45, 7) is 6.08. The van der Waals surface area contributed by atoms with Crippen molar-refractivity contribution in [2.75, 3.05) is 30.4 Å². The van der Waals surface area contributed by atoms with Crippen LogP contribution in [0.2, 0.25) is 0 Å². The van der Waals surface area contributed by atoms with E-state index in [1.807, 2.05) is 12.1 Å². The molecule has 1 saturated heterocycles. The Balaban J connectivity index is 1.55. The van der Waals surface area contributed by atoms with Gasteiger partial charge in [0.05, 0.1) is 18.2 Å². The van der Waals surface area contributed by atoms with Crippen LogP contribution in [-0.2, 0) is 12.8 Å². The van der Waals surface area contributed by atoms with E-state index >= 15 is 0 Å². The zero-order chi connectivity index (χ0) is 22.2. The predicted octanol–water partition coefficient (Wildman–Crippen LogP) is 2.36. The van der Waals surface area contributed by atoms with E-state index < -0.39 is 0 Å². The molecule has 0 spiro atoms. The van der Waals surface area contributed by atoms with Gasteiger partial charge in [0.2, 0.25) is 0 Å². The molecular formula is C23H27N7O2. The van der Waals surface area contributed by atoms with Crippen LogP contribution in [0.3, 0.4) is 0 Å². The van der Waals surface area contributed by atoms with Crippen molar-refractivity contribution in [3.05, 3.63) is 41.5 Å². The molecule has 0 radical (unpaired) electrons. The minimum absolute atomic E-state index is 0.230. The standard InChI is InChI=1S/C23H27N7O2/c1-13-10-30(11-14(2)27-13)19-8-7-16(20-17(19)9-24-23(28-20)32-3)22(31)29-21-15-5-4-6-18(15)25-12-26-21/h7-9,12-14,27H,4-6,10-11H2,1-3H3,(H,25,26,29,31)/t13-,14-/m0/s1. The molecule has 1 fully saturated rings. The first kappa shape index (κ1) is 20.6. The number of hydrogen-bond donors (Lipinski definition) is 2. The maximum Gasteiger partial charge on any atom is 0.316 e. The van der Waals surface area contributed by atoms with Gasteiger partial charge in [0.15, 0.2) is 0 Å². The zero-order valence-electron chi connectivity index (χ0n) is 18.6. The summed E-state index contributed by atoms with van der Waals surface area (Å²) in [5.41, 5.74) is 4.09. The van der Waals surface area contributed by atoms with Crippen LogP contribution >= 0.6 is 0 Å². The van der Waals surface area contributed by atoms with Gasteiger partial charge in [-0.3, -0.25) is 4.79 Å². The minimum atomic E-state index is -0.253. The average Bonchev–Trinajstić information content (AvgIpc) is 3.27. The van der Waals surface area contributed by atoms with Crippen LogP contribution in [0.25, 0.3) is 10.9 Å². The van der Waals surface area contributed by atoms with Crippen molar-refractivity contribution in [2.45, 2.75) is 45.2 Å². The fourth-order valence-electron chi connectivity index (χ4n) is 4.81. The van der Waals surface area contributed by atoms with Crippen molar-refractivity contribution >= 4 is 28.3 Å². The van der Waals surface area contributed by atoms with E-state index in [9.17, 15) is 4.79 Å². The van der Waals surface area contributed by atoms with Crippen LogP contribution in [-0.4, -0.2) is 58.1 Å². The van der Waals surface area contributed by atoms with Gasteiger partial charge in [-0.25, -0.2) is 15.0 Å². The van der Waals surface area contributed by atoms with Gasteiger partial charge < -0.3 is 20.3 Å². The molecule has 1 aromatic carbocycles. The Kier molecular flexibility index (Phi) is 5.34. The molecule has 0 bridgehead atoms. The highest BCUT2D eigenvalue weighted by Gasteiger charge is 2.25. The summed E-state index contributed by atoms with van der Waals surface area (Å²) in [6, 6.07) is 4.76. The quantitative estimate of drug-likeness (QED) is 0.646. The molecule has 3 heterocycles. The average molecular weight is 434 g/mol. The summed E-state index contributed by atoms with van der Waals surface area (Å²) in [6.07, 6.45) is 6.08. The van der Waals surface area contributed by atoms with Crippen molar-refractivity contribution in [1.29, 1.82) is 0 Å². The van der Waals surface area contributed by atoms with Gasteiger partial charge in [0.25, 0.3) is 5.91 Å². The predicted molar refractivity (Wildman–Crippen MR) is 122 cm³/mol. The molecular weight excluding hydrogens is 406 g/mol. The summed E-state index contributed by atoms with van der Waals surface area (Å²) in [5, 5.41) is 7.37. The Morgan fingerprint density at radius 2 is 1.97 bits per heavy atom. The molecule has 2 atom stereocenters. The Labute approximate surface area is 186 Å². The highest BCUT2D eigenvalue weighted by Crippen LogP contribution is 2.31. The molecule has 3 aromatic rings. The van der Waals surface area contributed by atoms with Crippen LogP contribution in [0.5, 0.6) is 6.01 Å². The van der Waals surface area contributed by atoms with Crippen LogP contribution in [0.4, 0.5) is 11.5 Å². The second kappa shape index (κ2) is 8.31. The van der Waals surface area contributed by atoms with Gasteiger partial charge in [-0.1, -0.05) is 0 Å². The number of ether oxygens (including phenoxy) is 1. The fourth-order valence-corrected chi connectivity index (χ4v) is 4.81. The fraction of sp³-hybridized carbons (Fsp3) is 0.435. The number of methoxy groups -OCH3 is 1. The number of piperazine rings is 1. The Bertz CT molecular complexity index is 1170. The maximum absolute atomic E-state index is 13.3. The molecule has 9 nitrogen and oxygen atoms in total. The van der Waals surface area contributed by atoms with E-state index in [2.05, 4.69) is 49.3 Å². The maximum atomic E-state index is 13.3. The molecule has 1 aliphatic heterocycles. The Morgan fingerprint density at radius 3 is 2.75 bits per heavy atom. The molecule has 0 saturated carbocycles. The van der Waals surface area contributed by atoms with Crippen LogP contribution in [0.1, 0.15) is 41.9 Å².